The molecule has 0 saturated heterocycles. The first kappa shape index (κ1) is 17.2. The van der Waals surface area contributed by atoms with E-state index in [0.29, 0.717) is 17.3 Å². The molecule has 1 aliphatic carbocycles. The summed E-state index contributed by atoms with van der Waals surface area (Å²) in [5.41, 5.74) is 1.78. The molecule has 0 aliphatic heterocycles. The van der Waals surface area contributed by atoms with Crippen LogP contribution in [0.2, 0.25) is 5.02 Å². The van der Waals surface area contributed by atoms with Crippen molar-refractivity contribution in [2.45, 2.75) is 38.6 Å². The number of aryl methyl sites for hydroxylation is 3. The van der Waals surface area contributed by atoms with Crippen molar-refractivity contribution in [3.8, 4) is 0 Å². The molecule has 0 unspecified atom stereocenters. The molecule has 0 fully saturated rings. The Morgan fingerprint density at radius 1 is 1.31 bits per heavy atom. The van der Waals surface area contributed by atoms with Gasteiger partial charge in [-0.3, -0.25) is 14.2 Å². The summed E-state index contributed by atoms with van der Waals surface area (Å²) >= 11 is 7.55. The van der Waals surface area contributed by atoms with Gasteiger partial charge in [0, 0.05) is 28.6 Å². The molecule has 0 spiro atoms. The summed E-state index contributed by atoms with van der Waals surface area (Å²) in [7, 11) is 0. The number of halogens is 1. The van der Waals surface area contributed by atoms with Crippen molar-refractivity contribution >= 4 is 44.7 Å². The standard InChI is InChI=1S/C19H18ClN3O2S/c20-12-4-3-5-13(10-12)22-16(24)8-9-23-11-21-18-17(19(23)25)14-6-1-2-7-15(14)26-18/h3-5,10-11H,1-2,6-9H2,(H,22,24). The number of carbonyl (C=O) groups is 1. The number of hydrogen-bond acceptors (Lipinski definition) is 4. The van der Waals surface area contributed by atoms with Crippen LogP contribution in [0, 0.1) is 0 Å². The van der Waals surface area contributed by atoms with Gasteiger partial charge in [-0.05, 0) is 49.4 Å². The van der Waals surface area contributed by atoms with Crippen LogP contribution in [0.3, 0.4) is 0 Å². The van der Waals surface area contributed by atoms with Crippen LogP contribution in [0.4, 0.5) is 5.69 Å². The second kappa shape index (κ2) is 7.21. The van der Waals surface area contributed by atoms with Crippen molar-refractivity contribution in [3.05, 3.63) is 56.4 Å². The topological polar surface area (TPSA) is 64.0 Å². The number of aromatic nitrogens is 2. The van der Waals surface area contributed by atoms with Gasteiger partial charge in [0.15, 0.2) is 0 Å². The normalized spacial score (nSPS) is 13.6. The zero-order valence-corrected chi connectivity index (χ0v) is 15.7. The second-order valence-corrected chi connectivity index (χ2v) is 7.96. The van der Waals surface area contributed by atoms with Crippen LogP contribution >= 0.6 is 22.9 Å². The molecule has 134 valence electrons. The molecule has 7 heteroatoms. The van der Waals surface area contributed by atoms with Crippen LogP contribution in [-0.2, 0) is 24.2 Å². The summed E-state index contributed by atoms with van der Waals surface area (Å²) in [5, 5.41) is 4.12. The van der Waals surface area contributed by atoms with E-state index in [1.807, 2.05) is 0 Å². The number of hydrogen-bond donors (Lipinski definition) is 1. The Kier molecular flexibility index (Phi) is 4.78. The number of amides is 1. The summed E-state index contributed by atoms with van der Waals surface area (Å²) in [6.07, 6.45) is 6.04. The number of rotatable bonds is 4. The molecule has 2 heterocycles. The molecule has 3 aromatic rings. The third-order valence-corrected chi connectivity index (χ3v) is 6.06. The predicted molar refractivity (Wildman–Crippen MR) is 105 cm³/mol. The van der Waals surface area contributed by atoms with Crippen molar-refractivity contribution in [2.24, 2.45) is 0 Å². The number of fused-ring (bicyclic) bond motifs is 3. The van der Waals surface area contributed by atoms with E-state index < -0.39 is 0 Å². The zero-order chi connectivity index (χ0) is 18.1. The van der Waals surface area contributed by atoms with Gasteiger partial charge < -0.3 is 5.32 Å². The van der Waals surface area contributed by atoms with E-state index in [2.05, 4.69) is 10.3 Å². The molecule has 5 nitrogen and oxygen atoms in total. The Balaban J connectivity index is 1.51. The maximum Gasteiger partial charge on any atom is 0.262 e. The van der Waals surface area contributed by atoms with Crippen LogP contribution < -0.4 is 10.9 Å². The molecule has 1 amide bonds. The SMILES string of the molecule is O=C(CCn1cnc2sc3c(c2c1=O)CCCC3)Nc1cccc(Cl)c1. The average Bonchev–Trinajstić information content (AvgIpc) is 3.00. The van der Waals surface area contributed by atoms with Crippen molar-refractivity contribution in [3.63, 3.8) is 0 Å². The minimum atomic E-state index is -0.161. The van der Waals surface area contributed by atoms with Crippen LogP contribution in [0.5, 0.6) is 0 Å². The summed E-state index contributed by atoms with van der Waals surface area (Å²) in [5.74, 6) is -0.161. The largest absolute Gasteiger partial charge is 0.326 e. The minimum absolute atomic E-state index is 0.0371. The Hall–Kier alpha value is -2.18. The molecule has 1 N–H and O–H groups in total. The highest BCUT2D eigenvalue weighted by Gasteiger charge is 2.20. The summed E-state index contributed by atoms with van der Waals surface area (Å²) in [6.45, 7) is 0.304. The first-order valence-corrected chi connectivity index (χ1v) is 9.86. The highest BCUT2D eigenvalue weighted by molar-refractivity contribution is 7.18. The van der Waals surface area contributed by atoms with Crippen LogP contribution in [0.25, 0.3) is 10.2 Å². The number of carbonyl (C=O) groups excluding carboxylic acids is 1. The molecule has 26 heavy (non-hydrogen) atoms. The monoisotopic (exact) mass is 387 g/mol. The molecule has 0 bridgehead atoms. The van der Waals surface area contributed by atoms with Gasteiger partial charge in [-0.25, -0.2) is 4.98 Å². The molecule has 0 radical (unpaired) electrons. The van der Waals surface area contributed by atoms with Gasteiger partial charge in [-0.1, -0.05) is 17.7 Å². The Morgan fingerprint density at radius 2 is 2.15 bits per heavy atom. The molecule has 0 atom stereocenters. The van der Waals surface area contributed by atoms with Gasteiger partial charge in [0.05, 0.1) is 11.7 Å². The van der Waals surface area contributed by atoms with Crippen LogP contribution in [0.1, 0.15) is 29.7 Å². The molecule has 0 saturated carbocycles. The van der Waals surface area contributed by atoms with Gasteiger partial charge in [0.25, 0.3) is 5.56 Å². The van der Waals surface area contributed by atoms with E-state index in [4.69, 9.17) is 11.6 Å². The number of nitrogens with zero attached hydrogens (tertiary/aromatic N) is 2. The second-order valence-electron chi connectivity index (χ2n) is 6.44. The van der Waals surface area contributed by atoms with Gasteiger partial charge in [-0.2, -0.15) is 0 Å². The fourth-order valence-corrected chi connectivity index (χ4v) is 4.76. The fourth-order valence-electron chi connectivity index (χ4n) is 3.35. The quantitative estimate of drug-likeness (QED) is 0.735. The number of nitrogens with one attached hydrogen (secondary N) is 1. The number of thiophene rings is 1. The van der Waals surface area contributed by atoms with E-state index >= 15 is 0 Å². The lowest BCUT2D eigenvalue weighted by atomic mass is 9.97. The van der Waals surface area contributed by atoms with Crippen molar-refractivity contribution in [2.75, 3.05) is 5.32 Å². The Morgan fingerprint density at radius 3 is 3.00 bits per heavy atom. The fraction of sp³-hybridized carbons (Fsp3) is 0.316. The van der Waals surface area contributed by atoms with Gasteiger partial charge in [-0.15, -0.1) is 11.3 Å². The third kappa shape index (κ3) is 3.39. The summed E-state index contributed by atoms with van der Waals surface area (Å²) in [4.78, 5) is 31.6. The first-order valence-electron chi connectivity index (χ1n) is 8.67. The highest BCUT2D eigenvalue weighted by Crippen LogP contribution is 2.33. The maximum atomic E-state index is 12.9. The van der Waals surface area contributed by atoms with Crippen molar-refractivity contribution in [1.82, 2.24) is 9.55 Å². The highest BCUT2D eigenvalue weighted by atomic mass is 35.5. The maximum absolute atomic E-state index is 12.9. The van der Waals surface area contributed by atoms with Gasteiger partial charge in [0.1, 0.15) is 4.83 Å². The minimum Gasteiger partial charge on any atom is -0.326 e. The molecule has 1 aromatic carbocycles. The molecule has 1 aliphatic rings. The van der Waals surface area contributed by atoms with E-state index in [1.54, 1.807) is 46.5 Å². The lowest BCUT2D eigenvalue weighted by molar-refractivity contribution is -0.116. The first-order chi connectivity index (χ1) is 12.6. The van der Waals surface area contributed by atoms with Crippen molar-refractivity contribution in [1.29, 1.82) is 0 Å². The molecular formula is C19H18ClN3O2S. The van der Waals surface area contributed by atoms with E-state index in [9.17, 15) is 9.59 Å². The number of anilines is 1. The zero-order valence-electron chi connectivity index (χ0n) is 14.1. The van der Waals surface area contributed by atoms with E-state index in [0.717, 1.165) is 29.5 Å². The van der Waals surface area contributed by atoms with Crippen molar-refractivity contribution < 1.29 is 4.79 Å². The smallest absolute Gasteiger partial charge is 0.262 e. The predicted octanol–water partition coefficient (Wildman–Crippen LogP) is 4.02. The molecule has 4 rings (SSSR count). The average molecular weight is 388 g/mol. The van der Waals surface area contributed by atoms with Gasteiger partial charge >= 0.3 is 0 Å². The van der Waals surface area contributed by atoms with Crippen LogP contribution in [-0.4, -0.2) is 15.5 Å². The molecular weight excluding hydrogens is 370 g/mol. The lowest BCUT2D eigenvalue weighted by Crippen LogP contribution is -2.24. The molecule has 2 aromatic heterocycles. The van der Waals surface area contributed by atoms with Gasteiger partial charge in [0.2, 0.25) is 5.91 Å². The summed E-state index contributed by atoms with van der Waals surface area (Å²) < 4.78 is 1.54. The van der Waals surface area contributed by atoms with E-state index in [-0.39, 0.29) is 17.9 Å². The number of benzene rings is 1. The third-order valence-electron chi connectivity index (χ3n) is 4.63. The van der Waals surface area contributed by atoms with Crippen LogP contribution in [0.15, 0.2) is 35.4 Å². The summed E-state index contributed by atoms with van der Waals surface area (Å²) in [6, 6.07) is 7.00. The Labute approximate surface area is 159 Å². The van der Waals surface area contributed by atoms with E-state index in [1.165, 1.54) is 16.9 Å². The lowest BCUT2D eigenvalue weighted by Gasteiger charge is -2.10. The Bertz CT molecular complexity index is 1040.